The fourth-order valence-electron chi connectivity index (χ4n) is 2.44. The first-order valence-corrected chi connectivity index (χ1v) is 6.59. The largest absolute Gasteiger partial charge is 0.314 e. The molecule has 2 heteroatoms. The molecule has 1 unspecified atom stereocenters. The lowest BCUT2D eigenvalue weighted by molar-refractivity contribution is 0.0974. The summed E-state index contributed by atoms with van der Waals surface area (Å²) in [5, 5.41) is 3.49. The van der Waals surface area contributed by atoms with Gasteiger partial charge in [-0.05, 0) is 38.8 Å². The monoisotopic (exact) mass is 231 g/mol. The molecule has 1 atom stereocenters. The summed E-state index contributed by atoms with van der Waals surface area (Å²) in [5.41, 5.74) is 2.02. The first kappa shape index (κ1) is 12.3. The molecule has 0 aromatic heterocycles. The Morgan fingerprint density at radius 1 is 1.41 bits per heavy atom. The molecule has 1 aromatic rings. The lowest BCUT2D eigenvalue weighted by Gasteiger charge is -2.22. The number of Topliss-reactive ketones (excluding diaryl/α,β-unsaturated/α-hetero) is 1. The molecule has 1 heterocycles. The third-order valence-electron chi connectivity index (χ3n) is 3.47. The molecule has 0 radical (unpaired) electrons. The quantitative estimate of drug-likeness (QED) is 0.807. The van der Waals surface area contributed by atoms with E-state index >= 15 is 0 Å². The highest BCUT2D eigenvalue weighted by Gasteiger charge is 2.14. The Balaban J connectivity index is 1.84. The van der Waals surface area contributed by atoms with Crippen molar-refractivity contribution in [2.45, 2.75) is 45.1 Å². The molecule has 92 valence electrons. The SMILES string of the molecule is Cc1cccc(C(=O)CCC2CCCCN2)c1. The minimum atomic E-state index is 0.279. The Morgan fingerprint density at radius 3 is 3.00 bits per heavy atom. The molecular formula is C15H21NO. The van der Waals surface area contributed by atoms with Gasteiger partial charge in [-0.1, -0.05) is 30.2 Å². The number of rotatable bonds is 4. The lowest BCUT2D eigenvalue weighted by Crippen LogP contribution is -2.34. The predicted molar refractivity (Wildman–Crippen MR) is 70.4 cm³/mol. The van der Waals surface area contributed by atoms with Gasteiger partial charge in [-0.3, -0.25) is 4.79 Å². The van der Waals surface area contributed by atoms with Crippen molar-refractivity contribution in [2.75, 3.05) is 6.54 Å². The molecule has 1 aliphatic rings. The number of nitrogens with one attached hydrogen (secondary N) is 1. The summed E-state index contributed by atoms with van der Waals surface area (Å²) in [7, 11) is 0. The van der Waals surface area contributed by atoms with Gasteiger partial charge >= 0.3 is 0 Å². The molecule has 1 fully saturated rings. The van der Waals surface area contributed by atoms with Crippen molar-refractivity contribution in [2.24, 2.45) is 0 Å². The summed E-state index contributed by atoms with van der Waals surface area (Å²) in [6, 6.07) is 8.44. The van der Waals surface area contributed by atoms with E-state index in [-0.39, 0.29) is 5.78 Å². The van der Waals surface area contributed by atoms with Crippen molar-refractivity contribution < 1.29 is 4.79 Å². The van der Waals surface area contributed by atoms with Gasteiger partial charge in [-0.15, -0.1) is 0 Å². The fourth-order valence-corrected chi connectivity index (χ4v) is 2.44. The summed E-state index contributed by atoms with van der Waals surface area (Å²) in [5.74, 6) is 0.279. The van der Waals surface area contributed by atoms with E-state index in [1.165, 1.54) is 19.3 Å². The minimum absolute atomic E-state index is 0.279. The Bertz CT molecular complexity index is 380. The Hall–Kier alpha value is -1.15. The third-order valence-corrected chi connectivity index (χ3v) is 3.47. The average Bonchev–Trinajstić information content (AvgIpc) is 2.37. The zero-order valence-electron chi connectivity index (χ0n) is 10.5. The third kappa shape index (κ3) is 3.67. The minimum Gasteiger partial charge on any atom is -0.314 e. The van der Waals surface area contributed by atoms with Gasteiger partial charge in [-0.25, -0.2) is 0 Å². The summed E-state index contributed by atoms with van der Waals surface area (Å²) in [4.78, 5) is 12.0. The van der Waals surface area contributed by atoms with Crippen LogP contribution in [-0.2, 0) is 0 Å². The van der Waals surface area contributed by atoms with Gasteiger partial charge in [0.2, 0.25) is 0 Å². The molecule has 0 spiro atoms. The summed E-state index contributed by atoms with van der Waals surface area (Å²) < 4.78 is 0. The molecule has 1 aliphatic heterocycles. The maximum Gasteiger partial charge on any atom is 0.162 e. The second-order valence-electron chi connectivity index (χ2n) is 4.98. The van der Waals surface area contributed by atoms with Gasteiger partial charge in [0.25, 0.3) is 0 Å². The number of carbonyl (C=O) groups excluding carboxylic acids is 1. The van der Waals surface area contributed by atoms with Crippen LogP contribution in [0, 0.1) is 6.92 Å². The molecule has 0 bridgehead atoms. The van der Waals surface area contributed by atoms with Crippen LogP contribution in [0.3, 0.4) is 0 Å². The van der Waals surface area contributed by atoms with Gasteiger partial charge < -0.3 is 5.32 Å². The Morgan fingerprint density at radius 2 is 2.29 bits per heavy atom. The average molecular weight is 231 g/mol. The lowest BCUT2D eigenvalue weighted by atomic mass is 9.97. The smallest absolute Gasteiger partial charge is 0.162 e. The van der Waals surface area contributed by atoms with Gasteiger partial charge in [-0.2, -0.15) is 0 Å². The van der Waals surface area contributed by atoms with E-state index in [9.17, 15) is 4.79 Å². The number of ketones is 1. The van der Waals surface area contributed by atoms with Crippen molar-refractivity contribution >= 4 is 5.78 Å². The highest BCUT2D eigenvalue weighted by Crippen LogP contribution is 2.14. The zero-order valence-corrected chi connectivity index (χ0v) is 10.5. The number of piperidine rings is 1. The van der Waals surface area contributed by atoms with Gasteiger partial charge in [0.1, 0.15) is 0 Å². The maximum atomic E-state index is 12.0. The number of hydrogen-bond donors (Lipinski definition) is 1. The van der Waals surface area contributed by atoms with Crippen LogP contribution >= 0.6 is 0 Å². The van der Waals surface area contributed by atoms with E-state index in [4.69, 9.17) is 0 Å². The normalized spacial score (nSPS) is 20.2. The topological polar surface area (TPSA) is 29.1 Å². The van der Waals surface area contributed by atoms with Gasteiger partial charge in [0.15, 0.2) is 5.78 Å². The van der Waals surface area contributed by atoms with E-state index in [2.05, 4.69) is 5.32 Å². The predicted octanol–water partition coefficient (Wildman–Crippen LogP) is 3.10. The van der Waals surface area contributed by atoms with E-state index in [1.807, 2.05) is 31.2 Å². The van der Waals surface area contributed by atoms with E-state index in [0.717, 1.165) is 24.1 Å². The molecule has 2 rings (SSSR count). The van der Waals surface area contributed by atoms with Crippen LogP contribution in [0.2, 0.25) is 0 Å². The van der Waals surface area contributed by atoms with Crippen molar-refractivity contribution in [1.82, 2.24) is 5.32 Å². The van der Waals surface area contributed by atoms with Crippen LogP contribution in [0.1, 0.15) is 48.0 Å². The van der Waals surface area contributed by atoms with Crippen molar-refractivity contribution in [3.63, 3.8) is 0 Å². The van der Waals surface area contributed by atoms with Crippen molar-refractivity contribution in [1.29, 1.82) is 0 Å². The molecule has 1 aromatic carbocycles. The van der Waals surface area contributed by atoms with Crippen LogP contribution in [0.25, 0.3) is 0 Å². The fraction of sp³-hybridized carbons (Fsp3) is 0.533. The summed E-state index contributed by atoms with van der Waals surface area (Å²) in [6.45, 7) is 3.14. The molecule has 2 nitrogen and oxygen atoms in total. The molecule has 1 saturated heterocycles. The first-order chi connectivity index (χ1) is 8.25. The van der Waals surface area contributed by atoms with Crippen molar-refractivity contribution in [3.8, 4) is 0 Å². The number of carbonyl (C=O) groups is 1. The van der Waals surface area contributed by atoms with Crippen LogP contribution < -0.4 is 5.32 Å². The molecule has 17 heavy (non-hydrogen) atoms. The van der Waals surface area contributed by atoms with Gasteiger partial charge in [0, 0.05) is 18.0 Å². The molecule has 0 saturated carbocycles. The number of aryl methyl sites for hydroxylation is 1. The van der Waals surface area contributed by atoms with Crippen molar-refractivity contribution in [3.05, 3.63) is 35.4 Å². The van der Waals surface area contributed by atoms with E-state index < -0.39 is 0 Å². The Labute approximate surface area is 103 Å². The Kier molecular flexibility index (Phi) is 4.32. The van der Waals surface area contributed by atoms with E-state index in [0.29, 0.717) is 12.5 Å². The van der Waals surface area contributed by atoms with E-state index in [1.54, 1.807) is 0 Å². The molecule has 1 N–H and O–H groups in total. The summed E-state index contributed by atoms with van der Waals surface area (Å²) in [6.07, 6.45) is 5.45. The number of hydrogen-bond acceptors (Lipinski definition) is 2. The number of benzene rings is 1. The highest BCUT2D eigenvalue weighted by atomic mass is 16.1. The second kappa shape index (κ2) is 5.97. The van der Waals surface area contributed by atoms with Crippen LogP contribution in [0.4, 0.5) is 0 Å². The van der Waals surface area contributed by atoms with Crippen LogP contribution in [0.5, 0.6) is 0 Å². The molecule has 0 aliphatic carbocycles. The maximum absolute atomic E-state index is 12.0. The second-order valence-corrected chi connectivity index (χ2v) is 4.98. The molecular weight excluding hydrogens is 210 g/mol. The standard InChI is InChI=1S/C15H21NO/c1-12-5-4-6-13(11-12)15(17)9-8-14-7-2-3-10-16-14/h4-6,11,14,16H,2-3,7-10H2,1H3. The highest BCUT2D eigenvalue weighted by molar-refractivity contribution is 5.96. The summed E-state index contributed by atoms with van der Waals surface area (Å²) >= 11 is 0. The molecule has 0 amide bonds. The van der Waals surface area contributed by atoms with Crippen LogP contribution in [-0.4, -0.2) is 18.4 Å². The van der Waals surface area contributed by atoms with Crippen LogP contribution in [0.15, 0.2) is 24.3 Å². The van der Waals surface area contributed by atoms with Gasteiger partial charge in [0.05, 0.1) is 0 Å². The first-order valence-electron chi connectivity index (χ1n) is 6.59. The zero-order chi connectivity index (χ0) is 12.1.